The van der Waals surface area contributed by atoms with Crippen LogP contribution >= 0.6 is 11.8 Å². The number of hydrogen-bond acceptors (Lipinski definition) is 3. The first-order chi connectivity index (χ1) is 8.63. The molecule has 0 atom stereocenters. The van der Waals surface area contributed by atoms with E-state index in [1.54, 1.807) is 0 Å². The first kappa shape index (κ1) is 15.0. The quantitative estimate of drug-likeness (QED) is 0.430. The van der Waals surface area contributed by atoms with Crippen LogP contribution in [0.2, 0.25) is 0 Å². The van der Waals surface area contributed by atoms with E-state index in [0.717, 1.165) is 25.0 Å². The maximum absolute atomic E-state index is 12.9. The Morgan fingerprint density at radius 1 is 1.33 bits per heavy atom. The molecule has 0 fully saturated rings. The topological polar surface area (TPSA) is 26.3 Å². The molecule has 0 heterocycles. The van der Waals surface area contributed by atoms with Crippen LogP contribution in [0.3, 0.4) is 0 Å². The molecular formula is C13H16F2O2S. The second-order valence-electron chi connectivity index (χ2n) is 3.75. The van der Waals surface area contributed by atoms with Crippen molar-refractivity contribution in [2.75, 3.05) is 12.4 Å². The van der Waals surface area contributed by atoms with E-state index >= 15 is 0 Å². The number of carbonyl (C=O) groups excluding carboxylic acids is 1. The van der Waals surface area contributed by atoms with Crippen molar-refractivity contribution in [2.45, 2.75) is 31.1 Å². The van der Waals surface area contributed by atoms with Crippen LogP contribution in [-0.2, 0) is 9.53 Å². The zero-order chi connectivity index (χ0) is 13.4. The third-order valence-electron chi connectivity index (χ3n) is 2.23. The molecule has 0 aromatic heterocycles. The number of unbranched alkanes of at least 4 members (excludes halogenated alkanes) is 1. The van der Waals surface area contributed by atoms with E-state index in [-0.39, 0.29) is 12.4 Å². The lowest BCUT2D eigenvalue weighted by Crippen LogP contribution is -2.06. The molecule has 0 aliphatic carbocycles. The van der Waals surface area contributed by atoms with Gasteiger partial charge in [-0.1, -0.05) is 13.3 Å². The number of halogens is 2. The van der Waals surface area contributed by atoms with Crippen molar-refractivity contribution in [1.82, 2.24) is 0 Å². The molecule has 1 rings (SSSR count). The number of thioether (sulfide) groups is 1. The van der Waals surface area contributed by atoms with E-state index in [1.807, 2.05) is 6.92 Å². The Hall–Kier alpha value is -1.10. The van der Waals surface area contributed by atoms with Crippen molar-refractivity contribution in [3.05, 3.63) is 29.8 Å². The fourth-order valence-corrected chi connectivity index (χ4v) is 2.08. The van der Waals surface area contributed by atoms with Gasteiger partial charge >= 0.3 is 5.97 Å². The standard InChI is InChI=1S/C13H16F2O2S/c1-2-3-7-17-13(16)6-8-18-10-4-5-11(14)12(15)9-10/h4-5,9H,2-3,6-8H2,1H3. The van der Waals surface area contributed by atoms with Gasteiger partial charge in [-0.15, -0.1) is 11.8 Å². The minimum atomic E-state index is -0.870. The molecule has 18 heavy (non-hydrogen) atoms. The Bertz CT molecular complexity index is 397. The minimum absolute atomic E-state index is 0.251. The Balaban J connectivity index is 2.24. The lowest BCUT2D eigenvalue weighted by atomic mass is 10.3. The minimum Gasteiger partial charge on any atom is -0.466 e. The van der Waals surface area contributed by atoms with Gasteiger partial charge in [0.15, 0.2) is 11.6 Å². The molecule has 5 heteroatoms. The second kappa shape index (κ2) is 8.08. The molecular weight excluding hydrogens is 258 g/mol. The van der Waals surface area contributed by atoms with E-state index in [2.05, 4.69) is 0 Å². The Kier molecular flexibility index (Phi) is 6.72. The molecule has 0 N–H and O–H groups in total. The number of ether oxygens (including phenoxy) is 1. The average Bonchev–Trinajstić information content (AvgIpc) is 2.34. The van der Waals surface area contributed by atoms with Gasteiger partial charge in [-0.3, -0.25) is 4.79 Å². The number of hydrogen-bond donors (Lipinski definition) is 0. The summed E-state index contributed by atoms with van der Waals surface area (Å²) in [4.78, 5) is 11.9. The number of rotatable bonds is 7. The van der Waals surface area contributed by atoms with Crippen LogP contribution in [0.5, 0.6) is 0 Å². The van der Waals surface area contributed by atoms with E-state index in [4.69, 9.17) is 4.74 Å². The second-order valence-corrected chi connectivity index (χ2v) is 4.92. The lowest BCUT2D eigenvalue weighted by Gasteiger charge is -2.04. The molecule has 1 aromatic rings. The van der Waals surface area contributed by atoms with E-state index < -0.39 is 11.6 Å². The van der Waals surface area contributed by atoms with Gasteiger partial charge in [0.2, 0.25) is 0 Å². The van der Waals surface area contributed by atoms with E-state index in [0.29, 0.717) is 17.3 Å². The zero-order valence-corrected chi connectivity index (χ0v) is 11.1. The third kappa shape index (κ3) is 5.49. The summed E-state index contributed by atoms with van der Waals surface area (Å²) >= 11 is 1.30. The van der Waals surface area contributed by atoms with Crippen molar-refractivity contribution in [3.63, 3.8) is 0 Å². The SMILES string of the molecule is CCCCOC(=O)CCSc1ccc(F)c(F)c1. The number of esters is 1. The predicted molar refractivity (Wildman–Crippen MR) is 67.6 cm³/mol. The van der Waals surface area contributed by atoms with Crippen LogP contribution in [0.4, 0.5) is 8.78 Å². The average molecular weight is 274 g/mol. The third-order valence-corrected chi connectivity index (χ3v) is 3.22. The van der Waals surface area contributed by atoms with Gasteiger partial charge in [-0.25, -0.2) is 8.78 Å². The first-order valence-corrected chi connectivity index (χ1v) is 6.85. The van der Waals surface area contributed by atoms with Crippen LogP contribution in [0.25, 0.3) is 0 Å². The predicted octanol–water partition coefficient (Wildman–Crippen LogP) is 3.79. The smallest absolute Gasteiger partial charge is 0.306 e. The zero-order valence-electron chi connectivity index (χ0n) is 10.2. The van der Waals surface area contributed by atoms with Gasteiger partial charge in [0.25, 0.3) is 0 Å². The van der Waals surface area contributed by atoms with E-state index in [9.17, 15) is 13.6 Å². The van der Waals surface area contributed by atoms with Crippen LogP contribution < -0.4 is 0 Å². The molecule has 0 unspecified atom stereocenters. The molecule has 0 bridgehead atoms. The molecule has 100 valence electrons. The first-order valence-electron chi connectivity index (χ1n) is 5.87. The summed E-state index contributed by atoms with van der Waals surface area (Å²) in [7, 11) is 0. The van der Waals surface area contributed by atoms with Crippen molar-refractivity contribution in [2.24, 2.45) is 0 Å². The van der Waals surface area contributed by atoms with Gasteiger partial charge in [-0.2, -0.15) is 0 Å². The van der Waals surface area contributed by atoms with Crippen molar-refractivity contribution >= 4 is 17.7 Å². The summed E-state index contributed by atoms with van der Waals surface area (Å²) in [5.41, 5.74) is 0. The summed E-state index contributed by atoms with van der Waals surface area (Å²) in [6, 6.07) is 3.70. The molecule has 0 saturated heterocycles. The summed E-state index contributed by atoms with van der Waals surface area (Å²) in [6.45, 7) is 2.47. The molecule has 0 aliphatic rings. The Morgan fingerprint density at radius 3 is 2.78 bits per heavy atom. The molecule has 0 spiro atoms. The molecule has 0 radical (unpaired) electrons. The van der Waals surface area contributed by atoms with Crippen molar-refractivity contribution in [1.29, 1.82) is 0 Å². The Morgan fingerprint density at radius 2 is 2.11 bits per heavy atom. The van der Waals surface area contributed by atoms with Gasteiger partial charge in [0.1, 0.15) is 0 Å². The Labute approximate surface area is 110 Å². The van der Waals surface area contributed by atoms with Gasteiger partial charge < -0.3 is 4.74 Å². The van der Waals surface area contributed by atoms with Crippen LogP contribution in [0, 0.1) is 11.6 Å². The fourth-order valence-electron chi connectivity index (χ4n) is 1.22. The summed E-state index contributed by atoms with van der Waals surface area (Å²) in [5.74, 6) is -1.49. The fraction of sp³-hybridized carbons (Fsp3) is 0.462. The molecule has 0 amide bonds. The number of benzene rings is 1. The molecule has 0 saturated carbocycles. The van der Waals surface area contributed by atoms with Crippen LogP contribution in [0.1, 0.15) is 26.2 Å². The van der Waals surface area contributed by atoms with Gasteiger partial charge in [-0.05, 0) is 24.6 Å². The highest BCUT2D eigenvalue weighted by molar-refractivity contribution is 7.99. The molecule has 0 aliphatic heterocycles. The maximum atomic E-state index is 12.9. The normalized spacial score (nSPS) is 10.4. The summed E-state index contributed by atoms with van der Waals surface area (Å²) in [5, 5.41) is 0. The summed E-state index contributed by atoms with van der Waals surface area (Å²) in [6.07, 6.45) is 2.12. The maximum Gasteiger partial charge on any atom is 0.306 e. The van der Waals surface area contributed by atoms with Crippen LogP contribution in [-0.4, -0.2) is 18.3 Å². The highest BCUT2D eigenvalue weighted by Gasteiger charge is 2.05. The lowest BCUT2D eigenvalue weighted by molar-refractivity contribution is -0.143. The van der Waals surface area contributed by atoms with Crippen molar-refractivity contribution < 1.29 is 18.3 Å². The largest absolute Gasteiger partial charge is 0.466 e. The molecule has 2 nitrogen and oxygen atoms in total. The molecule has 1 aromatic carbocycles. The van der Waals surface area contributed by atoms with Gasteiger partial charge in [0.05, 0.1) is 13.0 Å². The monoisotopic (exact) mass is 274 g/mol. The van der Waals surface area contributed by atoms with Gasteiger partial charge in [0, 0.05) is 10.6 Å². The van der Waals surface area contributed by atoms with Crippen molar-refractivity contribution in [3.8, 4) is 0 Å². The van der Waals surface area contributed by atoms with Crippen LogP contribution in [0.15, 0.2) is 23.1 Å². The number of carbonyl (C=O) groups is 1. The summed E-state index contributed by atoms with van der Waals surface area (Å²) < 4.78 is 30.5. The van der Waals surface area contributed by atoms with E-state index in [1.165, 1.54) is 17.8 Å². The highest BCUT2D eigenvalue weighted by atomic mass is 32.2. The highest BCUT2D eigenvalue weighted by Crippen LogP contribution is 2.21.